The minimum absolute atomic E-state index is 0.0523. The number of carbonyl (C=O) groups excluding carboxylic acids is 1. The molecule has 0 bridgehead atoms. The van der Waals surface area contributed by atoms with Crippen LogP contribution in [0.4, 0.5) is 0 Å². The molecule has 1 amide bonds. The second-order valence-electron chi connectivity index (χ2n) is 5.68. The molecule has 3 rings (SSSR count). The Kier molecular flexibility index (Phi) is 4.81. The normalized spacial score (nSPS) is 12.4. The van der Waals surface area contributed by atoms with Gasteiger partial charge in [0.25, 0.3) is 0 Å². The van der Waals surface area contributed by atoms with Gasteiger partial charge < -0.3 is 10.3 Å². The molecule has 1 atom stereocenters. The zero-order valence-corrected chi connectivity index (χ0v) is 14.5. The van der Waals surface area contributed by atoms with Gasteiger partial charge in [0.2, 0.25) is 5.91 Å². The number of halogens is 1. The topological polar surface area (TPSA) is 62.7 Å². The van der Waals surface area contributed by atoms with Gasteiger partial charge in [-0.05, 0) is 34.0 Å². The van der Waals surface area contributed by atoms with Crippen LogP contribution in [0, 0.1) is 5.92 Å². The molecule has 120 valence electrons. The zero-order valence-electron chi connectivity index (χ0n) is 12.9. The molecule has 0 radical (unpaired) electrons. The highest BCUT2D eigenvalue weighted by Gasteiger charge is 2.14. The molecule has 2 heterocycles. The van der Waals surface area contributed by atoms with Crippen molar-refractivity contribution in [3.05, 3.63) is 52.9 Å². The van der Waals surface area contributed by atoms with E-state index < -0.39 is 0 Å². The van der Waals surface area contributed by atoms with Gasteiger partial charge in [0.05, 0.1) is 23.1 Å². The standard InChI is InChI=1S/C17H19BrN4O/c1-12(10-22-11-14(18)9-21-22)17(23)19-7-6-13-8-20-16-5-3-2-4-15(13)16/h2-5,8-9,11-12,20H,6-7,10H2,1H3,(H,19,23)/t12-/m0/s1. The van der Waals surface area contributed by atoms with Crippen molar-refractivity contribution in [3.63, 3.8) is 0 Å². The Morgan fingerprint density at radius 1 is 1.43 bits per heavy atom. The van der Waals surface area contributed by atoms with Crippen LogP contribution in [-0.4, -0.2) is 27.2 Å². The molecule has 5 nitrogen and oxygen atoms in total. The maximum atomic E-state index is 12.2. The van der Waals surface area contributed by atoms with Gasteiger partial charge >= 0.3 is 0 Å². The van der Waals surface area contributed by atoms with E-state index in [1.54, 1.807) is 10.9 Å². The molecule has 0 saturated heterocycles. The van der Waals surface area contributed by atoms with Gasteiger partial charge in [0.15, 0.2) is 0 Å². The summed E-state index contributed by atoms with van der Waals surface area (Å²) in [5.41, 5.74) is 2.36. The number of fused-ring (bicyclic) bond motifs is 1. The molecule has 1 aromatic carbocycles. The van der Waals surface area contributed by atoms with Crippen LogP contribution >= 0.6 is 15.9 Å². The van der Waals surface area contributed by atoms with Crippen LogP contribution in [-0.2, 0) is 17.8 Å². The first-order valence-electron chi connectivity index (χ1n) is 7.64. The summed E-state index contributed by atoms with van der Waals surface area (Å²) in [5, 5.41) is 8.40. The predicted molar refractivity (Wildman–Crippen MR) is 94.1 cm³/mol. The first-order chi connectivity index (χ1) is 11.1. The fraction of sp³-hybridized carbons (Fsp3) is 0.294. The van der Waals surface area contributed by atoms with E-state index in [1.165, 1.54) is 10.9 Å². The van der Waals surface area contributed by atoms with Crippen LogP contribution in [0.15, 0.2) is 47.3 Å². The van der Waals surface area contributed by atoms with Crippen LogP contribution < -0.4 is 5.32 Å². The second-order valence-corrected chi connectivity index (χ2v) is 6.60. The van der Waals surface area contributed by atoms with Gasteiger partial charge in [0, 0.05) is 29.8 Å². The smallest absolute Gasteiger partial charge is 0.224 e. The number of carbonyl (C=O) groups is 1. The maximum Gasteiger partial charge on any atom is 0.224 e. The number of nitrogens with one attached hydrogen (secondary N) is 2. The Balaban J connectivity index is 1.50. The van der Waals surface area contributed by atoms with Gasteiger partial charge in [-0.25, -0.2) is 0 Å². The second kappa shape index (κ2) is 7.00. The molecule has 0 aliphatic heterocycles. The highest BCUT2D eigenvalue weighted by molar-refractivity contribution is 9.10. The first-order valence-corrected chi connectivity index (χ1v) is 8.43. The highest BCUT2D eigenvalue weighted by Crippen LogP contribution is 2.17. The summed E-state index contributed by atoms with van der Waals surface area (Å²) in [7, 11) is 0. The van der Waals surface area contributed by atoms with Gasteiger partial charge in [-0.15, -0.1) is 0 Å². The van der Waals surface area contributed by atoms with Crippen molar-refractivity contribution >= 4 is 32.7 Å². The van der Waals surface area contributed by atoms with Gasteiger partial charge in [-0.1, -0.05) is 25.1 Å². The van der Waals surface area contributed by atoms with Gasteiger partial charge in [-0.3, -0.25) is 9.48 Å². The number of rotatable bonds is 6. The predicted octanol–water partition coefficient (Wildman–Crippen LogP) is 3.12. The first kappa shape index (κ1) is 15.8. The minimum atomic E-state index is -0.121. The number of H-pyrrole nitrogens is 1. The molecule has 0 unspecified atom stereocenters. The van der Waals surface area contributed by atoms with Crippen LogP contribution in [0.2, 0.25) is 0 Å². The lowest BCUT2D eigenvalue weighted by Crippen LogP contribution is -2.33. The summed E-state index contributed by atoms with van der Waals surface area (Å²) in [6.45, 7) is 3.12. The van der Waals surface area contributed by atoms with E-state index in [0.29, 0.717) is 13.1 Å². The number of nitrogens with zero attached hydrogens (tertiary/aromatic N) is 2. The summed E-state index contributed by atoms with van der Waals surface area (Å²) in [4.78, 5) is 15.4. The highest BCUT2D eigenvalue weighted by atomic mass is 79.9. The van der Waals surface area contributed by atoms with Crippen LogP contribution in [0.25, 0.3) is 10.9 Å². The average Bonchev–Trinajstić information content (AvgIpc) is 3.14. The van der Waals surface area contributed by atoms with Crippen LogP contribution in [0.5, 0.6) is 0 Å². The van der Waals surface area contributed by atoms with Gasteiger partial charge in [0.1, 0.15) is 0 Å². The fourth-order valence-corrected chi connectivity index (χ4v) is 2.96. The third-order valence-corrected chi connectivity index (χ3v) is 4.29. The molecule has 6 heteroatoms. The monoisotopic (exact) mass is 374 g/mol. The third kappa shape index (κ3) is 3.82. The number of para-hydroxylation sites is 1. The molecule has 3 aromatic rings. The molecule has 0 aliphatic rings. The molecule has 0 aliphatic carbocycles. The van der Waals surface area contributed by atoms with Crippen molar-refractivity contribution in [2.75, 3.05) is 6.54 Å². The summed E-state index contributed by atoms with van der Waals surface area (Å²) in [5.74, 6) is -0.0683. The van der Waals surface area contributed by atoms with E-state index in [-0.39, 0.29) is 11.8 Å². The van der Waals surface area contributed by atoms with E-state index >= 15 is 0 Å². The molecule has 0 fully saturated rings. The van der Waals surface area contributed by atoms with Crippen molar-refractivity contribution in [1.82, 2.24) is 20.1 Å². The fourth-order valence-electron chi connectivity index (χ4n) is 2.63. The van der Waals surface area contributed by atoms with Crippen molar-refractivity contribution < 1.29 is 4.79 Å². The lowest BCUT2D eigenvalue weighted by atomic mass is 10.1. The van der Waals surface area contributed by atoms with E-state index in [4.69, 9.17) is 0 Å². The van der Waals surface area contributed by atoms with Crippen molar-refractivity contribution in [2.24, 2.45) is 5.92 Å². The van der Waals surface area contributed by atoms with Crippen LogP contribution in [0.3, 0.4) is 0 Å². The molecular formula is C17H19BrN4O. The molecule has 2 N–H and O–H groups in total. The number of hydrogen-bond donors (Lipinski definition) is 2. The lowest BCUT2D eigenvalue weighted by molar-refractivity contribution is -0.124. The Morgan fingerprint density at radius 2 is 2.26 bits per heavy atom. The van der Waals surface area contributed by atoms with E-state index in [1.807, 2.05) is 31.5 Å². The minimum Gasteiger partial charge on any atom is -0.361 e. The molecular weight excluding hydrogens is 356 g/mol. The summed E-state index contributed by atoms with van der Waals surface area (Å²) < 4.78 is 2.69. The summed E-state index contributed by atoms with van der Waals surface area (Å²) >= 11 is 3.36. The zero-order chi connectivity index (χ0) is 16.2. The Hall–Kier alpha value is -2.08. The van der Waals surface area contributed by atoms with Crippen molar-refractivity contribution in [3.8, 4) is 0 Å². The summed E-state index contributed by atoms with van der Waals surface area (Å²) in [6, 6.07) is 8.20. The maximum absolute atomic E-state index is 12.2. The van der Waals surface area contributed by atoms with Crippen LogP contribution in [0.1, 0.15) is 12.5 Å². The number of benzene rings is 1. The molecule has 0 saturated carbocycles. The lowest BCUT2D eigenvalue weighted by Gasteiger charge is -2.12. The SMILES string of the molecule is C[C@@H](Cn1cc(Br)cn1)C(=O)NCCc1c[nH]c2ccccc12. The number of hydrogen-bond acceptors (Lipinski definition) is 2. The largest absolute Gasteiger partial charge is 0.361 e. The Labute approximate surface area is 143 Å². The summed E-state index contributed by atoms with van der Waals surface area (Å²) in [6.07, 6.45) is 6.43. The third-order valence-electron chi connectivity index (χ3n) is 3.88. The molecule has 0 spiro atoms. The Bertz CT molecular complexity index is 808. The van der Waals surface area contributed by atoms with E-state index in [2.05, 4.69) is 43.5 Å². The van der Waals surface area contributed by atoms with E-state index in [9.17, 15) is 4.79 Å². The number of aromatic nitrogens is 3. The quantitative estimate of drug-likeness (QED) is 0.696. The van der Waals surface area contributed by atoms with Crippen molar-refractivity contribution in [1.29, 1.82) is 0 Å². The number of amides is 1. The Morgan fingerprint density at radius 3 is 3.04 bits per heavy atom. The number of aromatic amines is 1. The van der Waals surface area contributed by atoms with Crippen molar-refractivity contribution in [2.45, 2.75) is 19.9 Å². The molecule has 23 heavy (non-hydrogen) atoms. The molecule has 2 aromatic heterocycles. The average molecular weight is 375 g/mol. The van der Waals surface area contributed by atoms with Gasteiger partial charge in [-0.2, -0.15) is 5.10 Å². The van der Waals surface area contributed by atoms with E-state index in [0.717, 1.165) is 16.4 Å².